The molecule has 1 aromatic rings. The summed E-state index contributed by atoms with van der Waals surface area (Å²) in [4.78, 5) is 11.9. The summed E-state index contributed by atoms with van der Waals surface area (Å²) in [6.45, 7) is 4.28. The summed E-state index contributed by atoms with van der Waals surface area (Å²) >= 11 is 9.36. The van der Waals surface area contributed by atoms with Crippen molar-refractivity contribution in [1.29, 1.82) is 0 Å². The molecule has 1 unspecified atom stereocenters. The van der Waals surface area contributed by atoms with Crippen LogP contribution in [-0.4, -0.2) is 11.9 Å². The molecule has 1 atom stereocenters. The average molecular weight is 303 g/mol. The zero-order valence-corrected chi connectivity index (χ0v) is 11.5. The summed E-state index contributed by atoms with van der Waals surface area (Å²) in [6, 6.07) is 5.64. The van der Waals surface area contributed by atoms with Gasteiger partial charge in [-0.05, 0) is 39.9 Å². The molecule has 1 aromatic carbocycles. The summed E-state index contributed by atoms with van der Waals surface area (Å²) < 4.78 is 0.747. The molecule has 0 aliphatic heterocycles. The Morgan fingerprint density at radius 1 is 1.56 bits per heavy atom. The molecule has 16 heavy (non-hydrogen) atoms. The quantitative estimate of drug-likeness (QED) is 0.888. The molecule has 0 bridgehead atoms. The van der Waals surface area contributed by atoms with Gasteiger partial charge < -0.3 is 5.32 Å². The Bertz CT molecular complexity index is 445. The lowest BCUT2D eigenvalue weighted by Crippen LogP contribution is -2.28. The standard InChI is InChI=1S/C12H13BrClNO/c1-12(2)6-9(12)15-11(16)7-4-3-5-8(13)10(7)14/h3-5,9H,6H2,1-2H3,(H,15,16). The third kappa shape index (κ3) is 2.25. The molecule has 0 aromatic heterocycles. The second-order valence-corrected chi connectivity index (χ2v) is 6.05. The number of carbonyl (C=O) groups is 1. The number of halogens is 2. The second kappa shape index (κ2) is 4.04. The maximum absolute atomic E-state index is 11.9. The molecule has 86 valence electrons. The van der Waals surface area contributed by atoms with Crippen LogP contribution in [0.2, 0.25) is 5.02 Å². The van der Waals surface area contributed by atoms with E-state index >= 15 is 0 Å². The Morgan fingerprint density at radius 2 is 2.19 bits per heavy atom. The Balaban J connectivity index is 2.13. The topological polar surface area (TPSA) is 29.1 Å². The molecule has 1 amide bonds. The van der Waals surface area contributed by atoms with Crippen molar-refractivity contribution in [2.45, 2.75) is 26.3 Å². The maximum atomic E-state index is 11.9. The van der Waals surface area contributed by atoms with Crippen molar-refractivity contribution in [3.63, 3.8) is 0 Å². The van der Waals surface area contributed by atoms with Gasteiger partial charge in [0.25, 0.3) is 5.91 Å². The van der Waals surface area contributed by atoms with Gasteiger partial charge >= 0.3 is 0 Å². The molecule has 0 spiro atoms. The molecule has 0 saturated heterocycles. The fraction of sp³-hybridized carbons (Fsp3) is 0.417. The van der Waals surface area contributed by atoms with Crippen molar-refractivity contribution in [3.05, 3.63) is 33.3 Å². The highest BCUT2D eigenvalue weighted by Gasteiger charge is 2.46. The van der Waals surface area contributed by atoms with Crippen molar-refractivity contribution >= 4 is 33.4 Å². The first-order valence-corrected chi connectivity index (χ1v) is 6.34. The number of benzene rings is 1. The van der Waals surface area contributed by atoms with Gasteiger partial charge in [-0.3, -0.25) is 4.79 Å². The summed E-state index contributed by atoms with van der Waals surface area (Å²) in [7, 11) is 0. The van der Waals surface area contributed by atoms with Gasteiger partial charge in [0, 0.05) is 10.5 Å². The van der Waals surface area contributed by atoms with Gasteiger partial charge in [0.2, 0.25) is 0 Å². The second-order valence-electron chi connectivity index (χ2n) is 4.82. The van der Waals surface area contributed by atoms with Crippen LogP contribution in [0.4, 0.5) is 0 Å². The van der Waals surface area contributed by atoms with E-state index in [0.29, 0.717) is 10.6 Å². The van der Waals surface area contributed by atoms with Crippen molar-refractivity contribution in [2.75, 3.05) is 0 Å². The van der Waals surface area contributed by atoms with Crippen LogP contribution in [0.5, 0.6) is 0 Å². The monoisotopic (exact) mass is 301 g/mol. The van der Waals surface area contributed by atoms with Gasteiger partial charge in [0.15, 0.2) is 0 Å². The number of nitrogens with one attached hydrogen (secondary N) is 1. The molecular formula is C12H13BrClNO. The SMILES string of the molecule is CC1(C)CC1NC(=O)c1cccc(Br)c1Cl. The van der Waals surface area contributed by atoms with Crippen LogP contribution in [0.1, 0.15) is 30.6 Å². The first kappa shape index (κ1) is 11.9. The minimum atomic E-state index is -0.0955. The van der Waals surface area contributed by atoms with E-state index in [4.69, 9.17) is 11.6 Å². The number of carbonyl (C=O) groups excluding carboxylic acids is 1. The number of hydrogen-bond donors (Lipinski definition) is 1. The minimum Gasteiger partial charge on any atom is -0.349 e. The smallest absolute Gasteiger partial charge is 0.253 e. The molecule has 2 rings (SSSR count). The predicted molar refractivity (Wildman–Crippen MR) is 68.8 cm³/mol. The van der Waals surface area contributed by atoms with E-state index in [2.05, 4.69) is 35.1 Å². The van der Waals surface area contributed by atoms with Gasteiger partial charge in [-0.2, -0.15) is 0 Å². The van der Waals surface area contributed by atoms with Gasteiger partial charge in [0.05, 0.1) is 10.6 Å². The lowest BCUT2D eigenvalue weighted by molar-refractivity contribution is 0.0946. The van der Waals surface area contributed by atoms with Gasteiger partial charge in [-0.1, -0.05) is 31.5 Å². The van der Waals surface area contributed by atoms with Crippen LogP contribution in [0.15, 0.2) is 22.7 Å². The van der Waals surface area contributed by atoms with Crippen LogP contribution in [0.3, 0.4) is 0 Å². The van der Waals surface area contributed by atoms with Crippen molar-refractivity contribution in [3.8, 4) is 0 Å². The summed E-state index contributed by atoms with van der Waals surface area (Å²) in [5.74, 6) is -0.0955. The van der Waals surface area contributed by atoms with E-state index in [9.17, 15) is 4.79 Å². The van der Waals surface area contributed by atoms with Crippen LogP contribution in [0, 0.1) is 5.41 Å². The Morgan fingerprint density at radius 3 is 2.75 bits per heavy atom. The molecular weight excluding hydrogens is 289 g/mol. The van der Waals surface area contributed by atoms with E-state index in [1.165, 1.54) is 0 Å². The molecule has 1 saturated carbocycles. The zero-order valence-electron chi connectivity index (χ0n) is 9.18. The number of amides is 1. The average Bonchev–Trinajstić information content (AvgIpc) is 2.78. The molecule has 4 heteroatoms. The summed E-state index contributed by atoms with van der Waals surface area (Å²) in [6.07, 6.45) is 1.03. The van der Waals surface area contributed by atoms with E-state index in [0.717, 1.165) is 10.9 Å². The highest BCUT2D eigenvalue weighted by Crippen LogP contribution is 2.44. The van der Waals surface area contributed by atoms with Crippen molar-refractivity contribution in [2.24, 2.45) is 5.41 Å². The van der Waals surface area contributed by atoms with Crippen molar-refractivity contribution in [1.82, 2.24) is 5.32 Å². The molecule has 1 fully saturated rings. The molecule has 1 N–H and O–H groups in total. The fourth-order valence-corrected chi connectivity index (χ4v) is 2.21. The Kier molecular flexibility index (Phi) is 3.01. The maximum Gasteiger partial charge on any atom is 0.253 e. The lowest BCUT2D eigenvalue weighted by Gasteiger charge is -2.08. The minimum absolute atomic E-state index is 0.0955. The van der Waals surface area contributed by atoms with Crippen LogP contribution in [0.25, 0.3) is 0 Å². The predicted octanol–water partition coefficient (Wildman–Crippen LogP) is 3.63. The van der Waals surface area contributed by atoms with E-state index < -0.39 is 0 Å². The lowest BCUT2D eigenvalue weighted by atomic mass is 10.1. The van der Waals surface area contributed by atoms with E-state index in [1.54, 1.807) is 6.07 Å². The molecule has 0 heterocycles. The summed E-state index contributed by atoms with van der Waals surface area (Å²) in [5.41, 5.74) is 0.757. The normalized spacial score (nSPS) is 21.6. The zero-order chi connectivity index (χ0) is 11.9. The molecule has 1 aliphatic carbocycles. The van der Waals surface area contributed by atoms with E-state index in [-0.39, 0.29) is 17.4 Å². The summed E-state index contributed by atoms with van der Waals surface area (Å²) in [5, 5.41) is 3.46. The molecule has 2 nitrogen and oxygen atoms in total. The third-order valence-electron chi connectivity index (χ3n) is 3.01. The van der Waals surface area contributed by atoms with Crippen LogP contribution in [-0.2, 0) is 0 Å². The highest BCUT2D eigenvalue weighted by atomic mass is 79.9. The largest absolute Gasteiger partial charge is 0.349 e. The Hall–Kier alpha value is -0.540. The van der Waals surface area contributed by atoms with Gasteiger partial charge in [-0.15, -0.1) is 0 Å². The van der Waals surface area contributed by atoms with E-state index in [1.807, 2.05) is 12.1 Å². The van der Waals surface area contributed by atoms with Crippen molar-refractivity contribution < 1.29 is 4.79 Å². The first-order valence-electron chi connectivity index (χ1n) is 5.17. The number of hydrogen-bond acceptors (Lipinski definition) is 1. The van der Waals surface area contributed by atoms with Crippen LogP contribution < -0.4 is 5.32 Å². The Labute approximate surface area is 108 Å². The third-order valence-corrected chi connectivity index (χ3v) is 4.31. The van der Waals surface area contributed by atoms with Gasteiger partial charge in [-0.25, -0.2) is 0 Å². The highest BCUT2D eigenvalue weighted by molar-refractivity contribution is 9.10. The first-order chi connectivity index (χ1) is 7.42. The fourth-order valence-electron chi connectivity index (χ4n) is 1.63. The molecule has 1 aliphatic rings. The molecule has 0 radical (unpaired) electrons. The van der Waals surface area contributed by atoms with Crippen LogP contribution >= 0.6 is 27.5 Å². The number of rotatable bonds is 2. The van der Waals surface area contributed by atoms with Gasteiger partial charge in [0.1, 0.15) is 0 Å².